The number of carbonyl (C=O) groups is 3. The summed E-state index contributed by atoms with van der Waals surface area (Å²) in [6, 6.07) is 6.21. The summed E-state index contributed by atoms with van der Waals surface area (Å²) in [5.41, 5.74) is -0.658. The van der Waals surface area contributed by atoms with Gasteiger partial charge in [0.25, 0.3) is 0 Å². The first-order valence-corrected chi connectivity index (χ1v) is 10.9. The maximum Gasteiger partial charge on any atom is 0.407 e. The van der Waals surface area contributed by atoms with E-state index >= 15 is 0 Å². The second kappa shape index (κ2) is 11.5. The Labute approximate surface area is 176 Å². The highest BCUT2D eigenvalue weighted by Crippen LogP contribution is 2.09. The molecular formula is C19H29N3O7S. The van der Waals surface area contributed by atoms with E-state index < -0.39 is 39.6 Å². The highest BCUT2D eigenvalue weighted by molar-refractivity contribution is 7.89. The van der Waals surface area contributed by atoms with E-state index in [2.05, 4.69) is 15.4 Å². The molecule has 0 spiro atoms. The summed E-state index contributed by atoms with van der Waals surface area (Å²) in [4.78, 5) is 35.7. The zero-order chi connectivity index (χ0) is 22.8. The van der Waals surface area contributed by atoms with Crippen molar-refractivity contribution in [1.29, 1.82) is 0 Å². The average Bonchev–Trinajstić information content (AvgIpc) is 2.64. The van der Waals surface area contributed by atoms with Crippen LogP contribution >= 0.6 is 0 Å². The summed E-state index contributed by atoms with van der Waals surface area (Å²) < 4.78 is 37.1. The van der Waals surface area contributed by atoms with Crippen LogP contribution in [0.3, 0.4) is 0 Å². The van der Waals surface area contributed by atoms with Gasteiger partial charge < -0.3 is 20.1 Å². The monoisotopic (exact) mass is 443 g/mol. The molecule has 3 N–H and O–H groups in total. The quantitative estimate of drug-likeness (QED) is 0.457. The topological polar surface area (TPSA) is 140 Å². The molecule has 1 aromatic rings. The molecule has 2 amide bonds. The van der Waals surface area contributed by atoms with Crippen molar-refractivity contribution in [1.82, 2.24) is 15.4 Å². The van der Waals surface area contributed by atoms with Gasteiger partial charge in [0.2, 0.25) is 15.9 Å². The van der Waals surface area contributed by atoms with Crippen molar-refractivity contribution >= 4 is 28.0 Å². The summed E-state index contributed by atoms with van der Waals surface area (Å²) in [6.07, 6.45) is -0.740. The van der Waals surface area contributed by atoms with Gasteiger partial charge in [0.1, 0.15) is 11.6 Å². The number of ether oxygens (including phenoxy) is 2. The Balaban J connectivity index is 2.61. The van der Waals surface area contributed by atoms with Crippen LogP contribution in [0.4, 0.5) is 4.79 Å². The molecule has 0 saturated carbocycles. The van der Waals surface area contributed by atoms with Crippen molar-refractivity contribution in [3.8, 4) is 0 Å². The maximum absolute atomic E-state index is 12.5. The number of benzene rings is 1. The predicted molar refractivity (Wildman–Crippen MR) is 109 cm³/mol. The highest BCUT2D eigenvalue weighted by Gasteiger charge is 2.27. The van der Waals surface area contributed by atoms with Gasteiger partial charge in [0, 0.05) is 19.5 Å². The van der Waals surface area contributed by atoms with E-state index in [9.17, 15) is 22.8 Å². The lowest BCUT2D eigenvalue weighted by atomic mass is 10.2. The molecule has 0 aliphatic rings. The Hall–Kier alpha value is -2.66. The fourth-order valence-electron chi connectivity index (χ4n) is 2.17. The van der Waals surface area contributed by atoms with E-state index in [0.29, 0.717) is 0 Å². The molecule has 0 radical (unpaired) electrons. The number of alkyl carbamates (subject to hydrolysis) is 1. The van der Waals surface area contributed by atoms with Gasteiger partial charge in [-0.2, -0.15) is 4.72 Å². The summed E-state index contributed by atoms with van der Waals surface area (Å²) >= 11 is 0. The van der Waals surface area contributed by atoms with Gasteiger partial charge in [0.05, 0.1) is 11.5 Å². The van der Waals surface area contributed by atoms with Crippen LogP contribution in [0.2, 0.25) is 0 Å². The average molecular weight is 444 g/mol. The van der Waals surface area contributed by atoms with Crippen molar-refractivity contribution in [2.75, 3.05) is 19.7 Å². The second-order valence-electron chi connectivity index (χ2n) is 7.22. The van der Waals surface area contributed by atoms with Gasteiger partial charge in [0.15, 0.2) is 0 Å². The first-order valence-electron chi connectivity index (χ1n) is 9.42. The van der Waals surface area contributed by atoms with Crippen molar-refractivity contribution in [2.24, 2.45) is 0 Å². The first-order chi connectivity index (χ1) is 13.9. The largest absolute Gasteiger partial charge is 0.465 e. The minimum Gasteiger partial charge on any atom is -0.465 e. The zero-order valence-corrected chi connectivity index (χ0v) is 18.4. The lowest BCUT2D eigenvalue weighted by Crippen LogP contribution is -2.49. The van der Waals surface area contributed by atoms with E-state index in [-0.39, 0.29) is 31.0 Å². The van der Waals surface area contributed by atoms with Gasteiger partial charge in [-0.15, -0.1) is 0 Å². The fraction of sp³-hybridized carbons (Fsp3) is 0.526. The van der Waals surface area contributed by atoms with Crippen LogP contribution < -0.4 is 15.4 Å². The third kappa shape index (κ3) is 9.70. The van der Waals surface area contributed by atoms with E-state index in [1.54, 1.807) is 45.9 Å². The van der Waals surface area contributed by atoms with Crippen LogP contribution in [0.15, 0.2) is 35.2 Å². The Morgan fingerprint density at radius 1 is 1.07 bits per heavy atom. The molecule has 0 aliphatic carbocycles. The lowest BCUT2D eigenvalue weighted by Gasteiger charge is -2.20. The molecule has 0 unspecified atom stereocenters. The Morgan fingerprint density at radius 3 is 2.27 bits per heavy atom. The van der Waals surface area contributed by atoms with Crippen LogP contribution in [0.5, 0.6) is 0 Å². The molecule has 168 valence electrons. The van der Waals surface area contributed by atoms with Gasteiger partial charge in [-0.3, -0.25) is 9.59 Å². The van der Waals surface area contributed by atoms with E-state index in [1.165, 1.54) is 12.1 Å². The standard InChI is InChI=1S/C19H29N3O7S/c1-5-28-17(24)15(22-30(26,27)14-9-7-6-8-10-14)13-21-16(23)11-12-20-18(25)29-19(2,3)4/h6-10,15,22H,5,11-13H2,1-4H3,(H,20,25)(H,21,23)/t15-/m0/s1. The number of hydrogen-bond donors (Lipinski definition) is 3. The Morgan fingerprint density at radius 2 is 1.70 bits per heavy atom. The van der Waals surface area contributed by atoms with E-state index in [0.717, 1.165) is 0 Å². The van der Waals surface area contributed by atoms with Crippen LogP contribution in [0.1, 0.15) is 34.1 Å². The van der Waals surface area contributed by atoms with E-state index in [1.807, 2.05) is 0 Å². The molecule has 0 aliphatic heterocycles. The molecule has 1 atom stereocenters. The second-order valence-corrected chi connectivity index (χ2v) is 8.94. The molecule has 0 bridgehead atoms. The Kier molecular flexibility index (Phi) is 9.73. The molecule has 0 heterocycles. The van der Waals surface area contributed by atoms with Crippen molar-refractivity contribution < 1.29 is 32.3 Å². The number of hydrogen-bond acceptors (Lipinski definition) is 7. The van der Waals surface area contributed by atoms with Gasteiger partial charge in [-0.05, 0) is 39.8 Å². The maximum atomic E-state index is 12.5. The molecule has 0 aromatic heterocycles. The highest BCUT2D eigenvalue weighted by atomic mass is 32.2. The molecule has 0 fully saturated rings. The number of amides is 2. The zero-order valence-electron chi connectivity index (χ0n) is 17.6. The molecule has 1 rings (SSSR count). The third-order valence-corrected chi connectivity index (χ3v) is 4.93. The van der Waals surface area contributed by atoms with Gasteiger partial charge >= 0.3 is 12.1 Å². The van der Waals surface area contributed by atoms with Crippen LogP contribution in [-0.4, -0.2) is 57.7 Å². The minimum atomic E-state index is -3.99. The molecular weight excluding hydrogens is 414 g/mol. The SMILES string of the molecule is CCOC(=O)[C@H](CNC(=O)CCNC(=O)OC(C)(C)C)NS(=O)(=O)c1ccccc1. The van der Waals surface area contributed by atoms with Gasteiger partial charge in [-0.25, -0.2) is 13.2 Å². The number of nitrogens with one attached hydrogen (secondary N) is 3. The molecule has 1 aromatic carbocycles. The van der Waals surface area contributed by atoms with Crippen LogP contribution in [0, 0.1) is 0 Å². The molecule has 11 heteroatoms. The summed E-state index contributed by atoms with van der Waals surface area (Å²) in [5.74, 6) is -1.30. The Bertz CT molecular complexity index is 820. The third-order valence-electron chi connectivity index (χ3n) is 3.45. The molecule has 0 saturated heterocycles. The lowest BCUT2D eigenvalue weighted by molar-refractivity contribution is -0.145. The fourth-order valence-corrected chi connectivity index (χ4v) is 3.37. The number of rotatable bonds is 10. The van der Waals surface area contributed by atoms with Gasteiger partial charge in [-0.1, -0.05) is 18.2 Å². The summed E-state index contributed by atoms with van der Waals surface area (Å²) in [7, 11) is -3.99. The first kappa shape index (κ1) is 25.4. The minimum absolute atomic E-state index is 0.0144. The number of sulfonamides is 1. The van der Waals surface area contributed by atoms with E-state index in [4.69, 9.17) is 9.47 Å². The van der Waals surface area contributed by atoms with Crippen LogP contribution in [0.25, 0.3) is 0 Å². The normalized spacial score (nSPS) is 12.5. The summed E-state index contributed by atoms with van der Waals surface area (Å²) in [5, 5.41) is 4.89. The molecule has 10 nitrogen and oxygen atoms in total. The van der Waals surface area contributed by atoms with Crippen LogP contribution in [-0.2, 0) is 29.1 Å². The number of carbonyl (C=O) groups excluding carboxylic acids is 3. The van der Waals surface area contributed by atoms with Crippen molar-refractivity contribution in [3.05, 3.63) is 30.3 Å². The van der Waals surface area contributed by atoms with Crippen molar-refractivity contribution in [3.63, 3.8) is 0 Å². The summed E-state index contributed by atoms with van der Waals surface area (Å²) in [6.45, 7) is 6.48. The predicted octanol–water partition coefficient (Wildman–Crippen LogP) is 0.928. The van der Waals surface area contributed by atoms with Crippen molar-refractivity contribution in [2.45, 2.75) is 50.7 Å². The molecule has 30 heavy (non-hydrogen) atoms. The number of esters is 1. The smallest absolute Gasteiger partial charge is 0.407 e.